The van der Waals surface area contributed by atoms with Crippen LogP contribution in [0.2, 0.25) is 0 Å². The van der Waals surface area contributed by atoms with Crippen LogP contribution in [0.1, 0.15) is 50.3 Å². The van der Waals surface area contributed by atoms with Gasteiger partial charge in [-0.1, -0.05) is 13.8 Å². The zero-order chi connectivity index (χ0) is 9.26. The number of hydrogen-bond donors (Lipinski definition) is 0. The molecule has 0 aromatic carbocycles. The SMILES string of the molecule is CCC(C)c1cnn2c1CCCC2. The third kappa shape index (κ3) is 1.50. The van der Waals surface area contributed by atoms with E-state index < -0.39 is 0 Å². The number of rotatable bonds is 2. The Labute approximate surface area is 80.0 Å². The second-order valence-corrected chi connectivity index (χ2v) is 4.04. The Hall–Kier alpha value is -0.790. The molecule has 0 saturated heterocycles. The number of hydrogen-bond acceptors (Lipinski definition) is 1. The van der Waals surface area contributed by atoms with Crippen LogP contribution in [0.15, 0.2) is 6.20 Å². The van der Waals surface area contributed by atoms with E-state index in [4.69, 9.17) is 0 Å². The lowest BCUT2D eigenvalue weighted by molar-refractivity contribution is 0.482. The molecule has 1 aliphatic heterocycles. The Morgan fingerprint density at radius 1 is 1.54 bits per heavy atom. The third-order valence-corrected chi connectivity index (χ3v) is 3.16. The van der Waals surface area contributed by atoms with Crippen molar-refractivity contribution in [1.82, 2.24) is 9.78 Å². The van der Waals surface area contributed by atoms with E-state index in [1.165, 1.54) is 36.9 Å². The molecule has 0 spiro atoms. The van der Waals surface area contributed by atoms with Crippen LogP contribution in [0.25, 0.3) is 0 Å². The summed E-state index contributed by atoms with van der Waals surface area (Å²) in [6, 6.07) is 0. The molecule has 0 amide bonds. The highest BCUT2D eigenvalue weighted by atomic mass is 15.3. The Morgan fingerprint density at radius 3 is 3.15 bits per heavy atom. The Balaban J connectivity index is 2.31. The molecule has 0 N–H and O–H groups in total. The van der Waals surface area contributed by atoms with E-state index in [1.807, 2.05) is 0 Å². The molecule has 0 saturated carbocycles. The summed E-state index contributed by atoms with van der Waals surface area (Å²) in [5.41, 5.74) is 2.99. The van der Waals surface area contributed by atoms with Crippen LogP contribution < -0.4 is 0 Å². The molecule has 0 radical (unpaired) electrons. The molecule has 1 aliphatic rings. The van der Waals surface area contributed by atoms with Gasteiger partial charge < -0.3 is 0 Å². The van der Waals surface area contributed by atoms with Gasteiger partial charge in [0.1, 0.15) is 0 Å². The first-order valence-corrected chi connectivity index (χ1v) is 5.37. The van der Waals surface area contributed by atoms with E-state index in [-0.39, 0.29) is 0 Å². The monoisotopic (exact) mass is 178 g/mol. The maximum absolute atomic E-state index is 4.44. The van der Waals surface area contributed by atoms with Crippen LogP contribution in [-0.4, -0.2) is 9.78 Å². The molecule has 2 nitrogen and oxygen atoms in total. The van der Waals surface area contributed by atoms with Gasteiger partial charge in [-0.3, -0.25) is 4.68 Å². The Bertz CT molecular complexity index is 288. The Kier molecular flexibility index (Phi) is 2.38. The molecule has 2 heterocycles. The van der Waals surface area contributed by atoms with Crippen molar-refractivity contribution in [3.8, 4) is 0 Å². The van der Waals surface area contributed by atoms with E-state index in [2.05, 4.69) is 29.8 Å². The van der Waals surface area contributed by atoms with E-state index in [0.717, 1.165) is 6.54 Å². The summed E-state index contributed by atoms with van der Waals surface area (Å²) < 4.78 is 2.20. The fourth-order valence-corrected chi connectivity index (χ4v) is 2.08. The van der Waals surface area contributed by atoms with Gasteiger partial charge in [0.2, 0.25) is 0 Å². The first-order valence-electron chi connectivity index (χ1n) is 5.37. The lowest BCUT2D eigenvalue weighted by Gasteiger charge is -2.16. The zero-order valence-electron chi connectivity index (χ0n) is 8.58. The predicted molar refractivity (Wildman–Crippen MR) is 53.9 cm³/mol. The van der Waals surface area contributed by atoms with Gasteiger partial charge in [-0.25, -0.2) is 0 Å². The number of nitrogens with zero attached hydrogens (tertiary/aromatic N) is 2. The van der Waals surface area contributed by atoms with Gasteiger partial charge in [0.05, 0.1) is 6.20 Å². The first kappa shape index (κ1) is 8.79. The Morgan fingerprint density at radius 2 is 2.38 bits per heavy atom. The first-order chi connectivity index (χ1) is 6.33. The van der Waals surface area contributed by atoms with Crippen molar-refractivity contribution < 1.29 is 0 Å². The highest BCUT2D eigenvalue weighted by molar-refractivity contribution is 5.22. The molecule has 1 aromatic rings. The second-order valence-electron chi connectivity index (χ2n) is 4.04. The maximum atomic E-state index is 4.44. The lowest BCUT2D eigenvalue weighted by Crippen LogP contribution is -2.12. The van der Waals surface area contributed by atoms with Crippen LogP contribution in [0.4, 0.5) is 0 Å². The van der Waals surface area contributed by atoms with E-state index in [1.54, 1.807) is 0 Å². The standard InChI is InChI=1S/C11H18N2/c1-3-9(2)10-8-12-13-7-5-4-6-11(10)13/h8-9H,3-7H2,1-2H3. The van der Waals surface area contributed by atoms with Gasteiger partial charge in [0.15, 0.2) is 0 Å². The fraction of sp³-hybridized carbons (Fsp3) is 0.727. The van der Waals surface area contributed by atoms with Crippen LogP contribution >= 0.6 is 0 Å². The molecule has 2 rings (SSSR count). The van der Waals surface area contributed by atoms with Crippen molar-refractivity contribution in [1.29, 1.82) is 0 Å². The van der Waals surface area contributed by atoms with Gasteiger partial charge in [-0.05, 0) is 37.2 Å². The number of aromatic nitrogens is 2. The molecule has 2 heteroatoms. The van der Waals surface area contributed by atoms with Crippen molar-refractivity contribution in [2.75, 3.05) is 0 Å². The normalized spacial score (nSPS) is 18.3. The quantitative estimate of drug-likeness (QED) is 0.681. The van der Waals surface area contributed by atoms with Gasteiger partial charge in [-0.2, -0.15) is 5.10 Å². The molecule has 0 aliphatic carbocycles. The molecular formula is C11H18N2. The fourth-order valence-electron chi connectivity index (χ4n) is 2.08. The van der Waals surface area contributed by atoms with Crippen molar-refractivity contribution >= 4 is 0 Å². The molecule has 1 unspecified atom stereocenters. The summed E-state index contributed by atoms with van der Waals surface area (Å²) in [5, 5.41) is 4.44. The van der Waals surface area contributed by atoms with Gasteiger partial charge in [0, 0.05) is 12.2 Å². The minimum atomic E-state index is 0.682. The molecule has 13 heavy (non-hydrogen) atoms. The average molecular weight is 178 g/mol. The number of fused-ring (bicyclic) bond motifs is 1. The minimum Gasteiger partial charge on any atom is -0.269 e. The molecule has 0 bridgehead atoms. The van der Waals surface area contributed by atoms with E-state index >= 15 is 0 Å². The van der Waals surface area contributed by atoms with Crippen molar-refractivity contribution in [2.24, 2.45) is 0 Å². The second kappa shape index (κ2) is 3.52. The van der Waals surface area contributed by atoms with Crippen molar-refractivity contribution in [3.05, 3.63) is 17.5 Å². The minimum absolute atomic E-state index is 0.682. The van der Waals surface area contributed by atoms with E-state index in [9.17, 15) is 0 Å². The third-order valence-electron chi connectivity index (χ3n) is 3.16. The van der Waals surface area contributed by atoms with Crippen LogP contribution in [-0.2, 0) is 13.0 Å². The highest BCUT2D eigenvalue weighted by Crippen LogP contribution is 2.26. The van der Waals surface area contributed by atoms with Gasteiger partial charge in [0.25, 0.3) is 0 Å². The smallest absolute Gasteiger partial charge is 0.0527 e. The summed E-state index contributed by atoms with van der Waals surface area (Å²) in [6.07, 6.45) is 7.18. The topological polar surface area (TPSA) is 17.8 Å². The molecule has 1 atom stereocenters. The maximum Gasteiger partial charge on any atom is 0.0527 e. The van der Waals surface area contributed by atoms with Crippen molar-refractivity contribution in [3.63, 3.8) is 0 Å². The summed E-state index contributed by atoms with van der Waals surface area (Å²) in [4.78, 5) is 0. The highest BCUT2D eigenvalue weighted by Gasteiger charge is 2.17. The molecule has 1 aromatic heterocycles. The summed E-state index contributed by atoms with van der Waals surface area (Å²) in [7, 11) is 0. The molecule has 0 fully saturated rings. The van der Waals surface area contributed by atoms with Crippen LogP contribution in [0, 0.1) is 0 Å². The number of aryl methyl sites for hydroxylation is 1. The average Bonchev–Trinajstić information content (AvgIpc) is 2.60. The van der Waals surface area contributed by atoms with E-state index in [0.29, 0.717) is 5.92 Å². The lowest BCUT2D eigenvalue weighted by atomic mass is 9.96. The van der Waals surface area contributed by atoms with Gasteiger partial charge in [-0.15, -0.1) is 0 Å². The zero-order valence-corrected chi connectivity index (χ0v) is 8.58. The van der Waals surface area contributed by atoms with Crippen LogP contribution in [0.5, 0.6) is 0 Å². The predicted octanol–water partition coefficient (Wildman–Crippen LogP) is 2.73. The summed E-state index contributed by atoms with van der Waals surface area (Å²) in [5.74, 6) is 0.682. The largest absolute Gasteiger partial charge is 0.269 e. The van der Waals surface area contributed by atoms with Crippen molar-refractivity contribution in [2.45, 2.75) is 52.0 Å². The van der Waals surface area contributed by atoms with Gasteiger partial charge >= 0.3 is 0 Å². The summed E-state index contributed by atoms with van der Waals surface area (Å²) in [6.45, 7) is 5.68. The molecular weight excluding hydrogens is 160 g/mol. The molecule has 72 valence electrons. The van der Waals surface area contributed by atoms with Crippen LogP contribution in [0.3, 0.4) is 0 Å². The summed E-state index contributed by atoms with van der Waals surface area (Å²) >= 11 is 0.